The molecule has 4 nitrogen and oxygen atoms in total. The van der Waals surface area contributed by atoms with Crippen molar-refractivity contribution in [3.05, 3.63) is 192 Å². The second-order valence-corrected chi connectivity index (χ2v) is 10.1. The summed E-state index contributed by atoms with van der Waals surface area (Å²) < 4.78 is 51.8. The van der Waals surface area contributed by atoms with Crippen LogP contribution in [-0.4, -0.2) is 11.8 Å². The van der Waals surface area contributed by atoms with Gasteiger partial charge in [0, 0.05) is 36.1 Å². The Morgan fingerprint density at radius 3 is 1.14 bits per heavy atom. The smallest absolute Gasteiger partial charge is 0.377 e. The van der Waals surface area contributed by atoms with Gasteiger partial charge >= 0.3 is 21.7 Å². The van der Waals surface area contributed by atoms with Gasteiger partial charge < -0.3 is 10.6 Å². The van der Waals surface area contributed by atoms with Crippen LogP contribution >= 0.6 is 0 Å². The van der Waals surface area contributed by atoms with E-state index < -0.39 is 23.3 Å². The standard InChI is InChI=1S/2C15H12F2NO.2C5H5.Ti/c2*16-12-7-8-14(13(17)10-12)18-15(19)9-6-11-4-2-1-3-5-11;2*1-2-4-5-3-1;/h2*1-5,7-8H,6,9H2,(H,18,19);2*1-5H;/q4*-1;+4. The van der Waals surface area contributed by atoms with E-state index in [0.29, 0.717) is 12.8 Å². The SMILES string of the molecule is O=C(CCc1ccccc1)Nc1ccc(F)[c-]c1F.O=C(CCc1ccccc1)Nc1ccc(F)[c-]c1F.[Ti+4].c1cc[cH-]c1.c1cc[cH-]c1. The summed E-state index contributed by atoms with van der Waals surface area (Å²) in [7, 11) is 0. The van der Waals surface area contributed by atoms with E-state index in [1.165, 1.54) is 12.1 Å². The minimum atomic E-state index is -0.895. The summed E-state index contributed by atoms with van der Waals surface area (Å²) >= 11 is 0. The van der Waals surface area contributed by atoms with Crippen LogP contribution in [0.5, 0.6) is 0 Å². The number of carbonyl (C=O) groups excluding carboxylic acids is 2. The van der Waals surface area contributed by atoms with Crippen LogP contribution in [0.3, 0.4) is 0 Å². The zero-order valence-corrected chi connectivity index (χ0v) is 28.1. The van der Waals surface area contributed by atoms with Gasteiger partial charge in [0.2, 0.25) is 11.8 Å². The third-order valence-corrected chi connectivity index (χ3v) is 6.35. The first-order chi connectivity index (χ1) is 23.3. The summed E-state index contributed by atoms with van der Waals surface area (Å²) in [6.45, 7) is 0. The van der Waals surface area contributed by atoms with Gasteiger partial charge in [0.1, 0.15) is 0 Å². The minimum absolute atomic E-state index is 0. The van der Waals surface area contributed by atoms with Gasteiger partial charge in [0.15, 0.2) is 0 Å². The van der Waals surface area contributed by atoms with E-state index in [1.54, 1.807) is 0 Å². The van der Waals surface area contributed by atoms with E-state index in [4.69, 9.17) is 0 Å². The van der Waals surface area contributed by atoms with E-state index in [-0.39, 0.29) is 57.7 Å². The molecule has 2 N–H and O–H groups in total. The number of rotatable bonds is 8. The van der Waals surface area contributed by atoms with Crippen LogP contribution in [0.4, 0.5) is 28.9 Å². The molecule has 6 aromatic carbocycles. The van der Waals surface area contributed by atoms with Crippen LogP contribution in [0.25, 0.3) is 0 Å². The van der Waals surface area contributed by atoms with E-state index in [1.807, 2.05) is 133 Å². The first-order valence-corrected chi connectivity index (χ1v) is 15.1. The number of halogens is 4. The molecule has 0 fully saturated rings. The Morgan fingerprint density at radius 2 is 0.857 bits per heavy atom. The van der Waals surface area contributed by atoms with Crippen LogP contribution in [0.2, 0.25) is 0 Å². The molecule has 0 atom stereocenters. The number of benzene rings is 4. The van der Waals surface area contributed by atoms with Crippen LogP contribution in [0.1, 0.15) is 24.0 Å². The Kier molecular flexibility index (Phi) is 19.1. The molecule has 49 heavy (non-hydrogen) atoms. The fraction of sp³-hybridized carbons (Fsp3) is 0.100. The zero-order valence-electron chi connectivity index (χ0n) is 26.5. The maximum absolute atomic E-state index is 13.3. The molecule has 6 aromatic rings. The predicted molar refractivity (Wildman–Crippen MR) is 181 cm³/mol. The van der Waals surface area contributed by atoms with Crippen molar-refractivity contribution >= 4 is 23.2 Å². The van der Waals surface area contributed by atoms with Crippen molar-refractivity contribution in [2.24, 2.45) is 0 Å². The number of hydrogen-bond acceptors (Lipinski definition) is 2. The molecule has 0 saturated carbocycles. The summed E-state index contributed by atoms with van der Waals surface area (Å²) in [6, 6.07) is 47.2. The Bertz CT molecular complexity index is 1580. The molecule has 0 unspecified atom stereocenters. The van der Waals surface area contributed by atoms with Crippen LogP contribution < -0.4 is 10.6 Å². The van der Waals surface area contributed by atoms with Crippen LogP contribution in [0, 0.1) is 35.4 Å². The van der Waals surface area contributed by atoms with Gasteiger partial charge in [0.25, 0.3) is 0 Å². The van der Waals surface area contributed by atoms with Crippen molar-refractivity contribution in [3.63, 3.8) is 0 Å². The maximum atomic E-state index is 13.3. The van der Waals surface area contributed by atoms with E-state index in [0.717, 1.165) is 23.3 Å². The monoisotopic (exact) mass is 698 g/mol. The molecule has 0 bridgehead atoms. The average Bonchev–Trinajstić information content (AvgIpc) is 3.88. The third kappa shape index (κ3) is 17.1. The fourth-order valence-corrected chi connectivity index (χ4v) is 3.95. The average molecular weight is 699 g/mol. The number of amides is 2. The first kappa shape index (κ1) is 40.1. The quantitative estimate of drug-likeness (QED) is 0.0946. The predicted octanol–water partition coefficient (Wildman–Crippen LogP) is 9.48. The Labute approximate surface area is 299 Å². The summed E-state index contributed by atoms with van der Waals surface area (Å²) in [4.78, 5) is 23.3. The second kappa shape index (κ2) is 23.3. The molecule has 0 spiro atoms. The Hall–Kier alpha value is -5.05. The molecular formula is C40H34F4N2O2Ti. The van der Waals surface area contributed by atoms with Crippen molar-refractivity contribution in [3.8, 4) is 0 Å². The Morgan fingerprint density at radius 1 is 0.510 bits per heavy atom. The first-order valence-electron chi connectivity index (χ1n) is 15.1. The molecule has 0 aliphatic carbocycles. The summed E-state index contributed by atoms with van der Waals surface area (Å²) in [5.74, 6) is -4.01. The van der Waals surface area contributed by atoms with Crippen molar-refractivity contribution in [1.29, 1.82) is 0 Å². The number of carbonyl (C=O) groups is 2. The van der Waals surface area contributed by atoms with Crippen LogP contribution in [-0.2, 0) is 44.1 Å². The Balaban J connectivity index is 0.000000260. The summed E-state index contributed by atoms with van der Waals surface area (Å²) in [5.41, 5.74) is 1.95. The number of anilines is 2. The van der Waals surface area contributed by atoms with Gasteiger partial charge in [-0.05, 0) is 35.3 Å². The van der Waals surface area contributed by atoms with Gasteiger partial charge in [-0.15, -0.1) is 36.4 Å². The number of hydrogen-bond donors (Lipinski definition) is 2. The summed E-state index contributed by atoms with van der Waals surface area (Å²) in [6.07, 6.45) is 1.61. The largest absolute Gasteiger partial charge is 4.00 e. The third-order valence-electron chi connectivity index (χ3n) is 6.35. The van der Waals surface area contributed by atoms with Crippen LogP contribution in [0.15, 0.2) is 146 Å². The molecule has 2 amide bonds. The van der Waals surface area contributed by atoms with Gasteiger partial charge in [-0.25, -0.2) is 41.8 Å². The molecule has 0 saturated heterocycles. The van der Waals surface area contributed by atoms with Crippen molar-refractivity contribution < 1.29 is 48.9 Å². The molecule has 9 heteroatoms. The van der Waals surface area contributed by atoms with Crippen molar-refractivity contribution in [1.82, 2.24) is 0 Å². The molecule has 6 rings (SSSR count). The zero-order chi connectivity index (χ0) is 34.4. The van der Waals surface area contributed by atoms with Crippen molar-refractivity contribution in [2.45, 2.75) is 25.7 Å². The molecule has 0 radical (unpaired) electrons. The second-order valence-electron chi connectivity index (χ2n) is 10.1. The molecular weight excluding hydrogens is 664 g/mol. The van der Waals surface area contributed by atoms with Gasteiger partial charge in [0.05, 0.1) is 0 Å². The van der Waals surface area contributed by atoms with E-state index in [2.05, 4.69) is 10.6 Å². The topological polar surface area (TPSA) is 58.2 Å². The molecule has 0 aliphatic heterocycles. The van der Waals surface area contributed by atoms with E-state index in [9.17, 15) is 27.2 Å². The maximum Gasteiger partial charge on any atom is 4.00 e. The van der Waals surface area contributed by atoms with Gasteiger partial charge in [-0.1, -0.05) is 60.7 Å². The molecule has 248 valence electrons. The number of aryl methyl sites for hydroxylation is 2. The number of nitrogens with one attached hydrogen (secondary N) is 2. The minimum Gasteiger partial charge on any atom is -0.377 e. The molecule has 0 heterocycles. The van der Waals surface area contributed by atoms with Gasteiger partial charge in [-0.3, -0.25) is 9.59 Å². The molecule has 0 aliphatic rings. The fourth-order valence-electron chi connectivity index (χ4n) is 3.95. The summed E-state index contributed by atoms with van der Waals surface area (Å²) in [5, 5.41) is 4.79. The van der Waals surface area contributed by atoms with Gasteiger partial charge in [-0.2, -0.15) is 36.4 Å². The molecule has 0 aromatic heterocycles. The van der Waals surface area contributed by atoms with E-state index >= 15 is 0 Å². The van der Waals surface area contributed by atoms with Crippen molar-refractivity contribution in [2.75, 3.05) is 10.6 Å². The normalized spacial score (nSPS) is 9.55.